The number of carbonyl (C=O) groups is 1. The van der Waals surface area contributed by atoms with E-state index in [1.54, 1.807) is 11.1 Å². The number of allylic oxidation sites excluding steroid dienone is 1. The fourth-order valence-electron chi connectivity index (χ4n) is 9.04. The van der Waals surface area contributed by atoms with Crippen LogP contribution in [0, 0.1) is 39.4 Å². The summed E-state index contributed by atoms with van der Waals surface area (Å²) in [7, 11) is 0. The van der Waals surface area contributed by atoms with Crippen molar-refractivity contribution in [3.63, 3.8) is 0 Å². The lowest BCUT2D eigenvalue weighted by Crippen LogP contribution is -2.62. The zero-order valence-electron chi connectivity index (χ0n) is 18.3. The molecule has 0 aromatic carbocycles. The number of fused-ring (bicyclic) bond motifs is 2. The molecule has 0 radical (unpaired) electrons. The molecule has 7 atom stereocenters. The molecule has 28 heavy (non-hydrogen) atoms. The van der Waals surface area contributed by atoms with Crippen molar-refractivity contribution in [2.24, 2.45) is 39.4 Å². The third-order valence-corrected chi connectivity index (χ3v) is 10.7. The number of hydrogen-bond donors (Lipinski definition) is 1. The fourth-order valence-corrected chi connectivity index (χ4v) is 9.04. The van der Waals surface area contributed by atoms with E-state index in [-0.39, 0.29) is 16.7 Å². The minimum atomic E-state index is -0.606. The van der Waals surface area contributed by atoms with Crippen LogP contribution in [0.15, 0.2) is 11.1 Å². The van der Waals surface area contributed by atoms with Crippen molar-refractivity contribution in [3.05, 3.63) is 11.1 Å². The largest absolute Gasteiger partial charge is 0.481 e. The molecule has 7 unspecified atom stereocenters. The molecule has 0 aromatic heterocycles. The van der Waals surface area contributed by atoms with Crippen molar-refractivity contribution in [1.82, 2.24) is 0 Å². The second-order valence-corrected chi connectivity index (χ2v) is 11.9. The van der Waals surface area contributed by atoms with Crippen LogP contribution in [-0.2, 0) is 9.53 Å². The minimum Gasteiger partial charge on any atom is -0.481 e. The van der Waals surface area contributed by atoms with Crippen molar-refractivity contribution in [3.8, 4) is 0 Å². The van der Waals surface area contributed by atoms with Crippen LogP contribution in [0.5, 0.6) is 0 Å². The molecule has 156 valence electrons. The van der Waals surface area contributed by atoms with Gasteiger partial charge in [0.05, 0.1) is 19.1 Å². The first-order valence-electron chi connectivity index (χ1n) is 11.7. The van der Waals surface area contributed by atoms with E-state index in [0.29, 0.717) is 23.4 Å². The topological polar surface area (TPSA) is 46.5 Å². The highest BCUT2D eigenvalue weighted by Crippen LogP contribution is 2.71. The van der Waals surface area contributed by atoms with Crippen molar-refractivity contribution in [1.29, 1.82) is 0 Å². The Morgan fingerprint density at radius 1 is 1.00 bits per heavy atom. The zero-order valence-corrected chi connectivity index (χ0v) is 18.3. The quantitative estimate of drug-likeness (QED) is 0.576. The highest BCUT2D eigenvalue weighted by Gasteiger charge is 2.65. The number of hydrogen-bond acceptors (Lipinski definition) is 2. The van der Waals surface area contributed by atoms with Gasteiger partial charge in [0.25, 0.3) is 0 Å². The van der Waals surface area contributed by atoms with E-state index >= 15 is 0 Å². The Balaban J connectivity index is 1.61. The van der Waals surface area contributed by atoms with Crippen LogP contribution in [0.1, 0.15) is 85.5 Å². The Hall–Kier alpha value is -0.830. The number of ether oxygens (including phenoxy) is 1. The van der Waals surface area contributed by atoms with E-state index in [9.17, 15) is 9.90 Å². The standard InChI is InChI=1S/C25H38O3/c1-16-7-11-24(4)17-5-6-20-23(3)14-28-15-25(20,12-9-19(23)21(26)27)18(17)8-10-22(24,2)13-16/h16,19-20H,5-15H2,1-4H3,(H,26,27). The maximum absolute atomic E-state index is 12.1. The highest BCUT2D eigenvalue weighted by atomic mass is 16.5. The first kappa shape index (κ1) is 19.2. The molecule has 4 aliphatic carbocycles. The van der Waals surface area contributed by atoms with E-state index in [4.69, 9.17) is 4.74 Å². The normalized spacial score (nSPS) is 53.1. The maximum atomic E-state index is 12.1. The summed E-state index contributed by atoms with van der Waals surface area (Å²) in [5.74, 6) is 0.485. The van der Waals surface area contributed by atoms with Gasteiger partial charge in [0.15, 0.2) is 0 Å². The molecule has 0 spiro atoms. The predicted molar refractivity (Wildman–Crippen MR) is 110 cm³/mol. The van der Waals surface area contributed by atoms with Gasteiger partial charge in [-0.2, -0.15) is 0 Å². The van der Waals surface area contributed by atoms with Crippen LogP contribution in [-0.4, -0.2) is 24.3 Å². The van der Waals surface area contributed by atoms with Crippen molar-refractivity contribution in [2.45, 2.75) is 85.5 Å². The third kappa shape index (κ3) is 2.18. The van der Waals surface area contributed by atoms with Gasteiger partial charge in [0.1, 0.15) is 0 Å². The SMILES string of the molecule is CC1CCC2(C)C3=C(CCC2(C)C1)C12CCC(C(=O)O)C(C)(COC1)C2CC3. The molecular weight excluding hydrogens is 348 g/mol. The monoisotopic (exact) mass is 386 g/mol. The first-order chi connectivity index (χ1) is 13.2. The van der Waals surface area contributed by atoms with Gasteiger partial charge in [-0.05, 0) is 80.5 Å². The summed E-state index contributed by atoms with van der Waals surface area (Å²) >= 11 is 0. The Kier molecular flexibility index (Phi) is 4.01. The molecule has 0 amide bonds. The molecule has 2 bridgehead atoms. The molecule has 3 nitrogen and oxygen atoms in total. The second-order valence-electron chi connectivity index (χ2n) is 11.9. The van der Waals surface area contributed by atoms with Gasteiger partial charge in [-0.1, -0.05) is 38.8 Å². The fraction of sp³-hybridized carbons (Fsp3) is 0.880. The molecule has 3 heteroatoms. The van der Waals surface area contributed by atoms with Crippen LogP contribution in [0.2, 0.25) is 0 Å². The molecule has 2 saturated carbocycles. The summed E-state index contributed by atoms with van der Waals surface area (Å²) in [5.41, 5.74) is 4.21. The Morgan fingerprint density at radius 3 is 2.54 bits per heavy atom. The van der Waals surface area contributed by atoms with Crippen LogP contribution in [0.4, 0.5) is 0 Å². The van der Waals surface area contributed by atoms with Gasteiger partial charge in [-0.25, -0.2) is 0 Å². The summed E-state index contributed by atoms with van der Waals surface area (Å²) in [6.45, 7) is 11.3. The van der Waals surface area contributed by atoms with E-state index < -0.39 is 5.97 Å². The van der Waals surface area contributed by atoms with Crippen molar-refractivity contribution < 1.29 is 14.6 Å². The summed E-state index contributed by atoms with van der Waals surface area (Å²) in [6.07, 6.45) is 10.8. The van der Waals surface area contributed by atoms with E-state index in [2.05, 4.69) is 27.7 Å². The molecule has 1 heterocycles. The summed E-state index contributed by atoms with van der Waals surface area (Å²) in [5, 5.41) is 9.92. The van der Waals surface area contributed by atoms with Gasteiger partial charge in [0.2, 0.25) is 0 Å². The molecular formula is C25H38O3. The number of rotatable bonds is 1. The molecule has 1 aliphatic heterocycles. The van der Waals surface area contributed by atoms with Gasteiger partial charge < -0.3 is 9.84 Å². The molecule has 3 fully saturated rings. The number of carboxylic acids is 1. The lowest BCUT2D eigenvalue weighted by Gasteiger charge is -2.66. The maximum Gasteiger partial charge on any atom is 0.307 e. The zero-order chi connectivity index (χ0) is 19.9. The molecule has 5 aliphatic rings. The van der Waals surface area contributed by atoms with Gasteiger partial charge in [-0.15, -0.1) is 0 Å². The second kappa shape index (κ2) is 5.86. The van der Waals surface area contributed by atoms with E-state index in [1.165, 1.54) is 44.9 Å². The summed E-state index contributed by atoms with van der Waals surface area (Å²) in [4.78, 5) is 12.1. The molecule has 1 N–H and O–H groups in total. The van der Waals surface area contributed by atoms with Crippen LogP contribution >= 0.6 is 0 Å². The summed E-state index contributed by atoms with van der Waals surface area (Å²) < 4.78 is 6.24. The third-order valence-electron chi connectivity index (χ3n) is 10.7. The summed E-state index contributed by atoms with van der Waals surface area (Å²) in [6, 6.07) is 0. The Bertz CT molecular complexity index is 740. The van der Waals surface area contributed by atoms with Gasteiger partial charge >= 0.3 is 5.97 Å². The van der Waals surface area contributed by atoms with Crippen LogP contribution in [0.3, 0.4) is 0 Å². The first-order valence-corrected chi connectivity index (χ1v) is 11.7. The smallest absolute Gasteiger partial charge is 0.307 e. The average molecular weight is 387 g/mol. The highest BCUT2D eigenvalue weighted by molar-refractivity contribution is 5.71. The number of carboxylic acid groups (broad SMARTS) is 1. The van der Waals surface area contributed by atoms with Crippen LogP contribution < -0.4 is 0 Å². The van der Waals surface area contributed by atoms with E-state index in [1.807, 2.05) is 0 Å². The average Bonchev–Trinajstić information content (AvgIpc) is 2.61. The Morgan fingerprint density at radius 2 is 1.79 bits per heavy atom. The predicted octanol–water partition coefficient (Wildman–Crippen LogP) is 5.84. The number of aliphatic carboxylic acids is 1. The van der Waals surface area contributed by atoms with Gasteiger partial charge in [-0.3, -0.25) is 4.79 Å². The molecule has 5 rings (SSSR count). The molecule has 0 aromatic rings. The van der Waals surface area contributed by atoms with Crippen molar-refractivity contribution >= 4 is 5.97 Å². The lowest BCUT2D eigenvalue weighted by atomic mass is 9.39. The Labute approximate surface area is 170 Å². The minimum absolute atomic E-state index is 0.125. The van der Waals surface area contributed by atoms with Gasteiger partial charge in [0, 0.05) is 10.8 Å². The van der Waals surface area contributed by atoms with Crippen molar-refractivity contribution in [2.75, 3.05) is 13.2 Å². The van der Waals surface area contributed by atoms with E-state index in [0.717, 1.165) is 25.4 Å². The molecule has 1 saturated heterocycles. The lowest BCUT2D eigenvalue weighted by molar-refractivity contribution is -0.199. The van der Waals surface area contributed by atoms with Crippen LogP contribution in [0.25, 0.3) is 0 Å².